The highest BCUT2D eigenvalue weighted by Crippen LogP contribution is 2.28. The van der Waals surface area contributed by atoms with E-state index in [-0.39, 0.29) is 6.61 Å². The number of pyridine rings is 1. The van der Waals surface area contributed by atoms with Crippen LogP contribution < -0.4 is 10.5 Å². The number of ether oxygens (including phenoxy) is 1. The lowest BCUT2D eigenvalue weighted by Gasteiger charge is -2.05. The minimum atomic E-state index is -0.000570. The first-order chi connectivity index (χ1) is 10.8. The van der Waals surface area contributed by atoms with Gasteiger partial charge in [-0.05, 0) is 18.7 Å². The van der Waals surface area contributed by atoms with Crippen LogP contribution in [0.25, 0.3) is 16.9 Å². The van der Waals surface area contributed by atoms with Crippen LogP contribution in [0.5, 0.6) is 5.75 Å². The number of fused-ring (bicyclic) bond motifs is 1. The van der Waals surface area contributed by atoms with Crippen LogP contribution in [0.3, 0.4) is 0 Å². The standard InChI is InChI=1S/C17H16N4O/c18-9-8-14-16(13-5-2-1-3-6-13)20-17-15(22-12-10-19)7-4-11-21(14)17/h1-7,11H,8-9,12,18H2. The van der Waals surface area contributed by atoms with E-state index < -0.39 is 0 Å². The Labute approximate surface area is 128 Å². The van der Waals surface area contributed by atoms with Gasteiger partial charge in [-0.25, -0.2) is 4.98 Å². The van der Waals surface area contributed by atoms with Gasteiger partial charge in [0.1, 0.15) is 6.07 Å². The zero-order valence-corrected chi connectivity index (χ0v) is 12.1. The van der Waals surface area contributed by atoms with Crippen molar-refractivity contribution in [1.29, 1.82) is 5.26 Å². The molecule has 0 atom stereocenters. The molecule has 0 spiro atoms. The molecule has 0 aliphatic carbocycles. The van der Waals surface area contributed by atoms with Gasteiger partial charge in [0.2, 0.25) is 0 Å². The quantitative estimate of drug-likeness (QED) is 0.783. The summed E-state index contributed by atoms with van der Waals surface area (Å²) in [6.07, 6.45) is 2.66. The fraction of sp³-hybridized carbons (Fsp3) is 0.176. The number of hydrogen-bond acceptors (Lipinski definition) is 4. The van der Waals surface area contributed by atoms with Crippen molar-refractivity contribution in [2.24, 2.45) is 5.73 Å². The summed E-state index contributed by atoms with van der Waals surface area (Å²) in [5.41, 5.74) is 9.46. The molecule has 0 bridgehead atoms. The second-order valence-corrected chi connectivity index (χ2v) is 4.82. The van der Waals surface area contributed by atoms with Crippen molar-refractivity contribution in [3.63, 3.8) is 0 Å². The summed E-state index contributed by atoms with van der Waals surface area (Å²) in [6, 6.07) is 15.7. The summed E-state index contributed by atoms with van der Waals surface area (Å²) in [6.45, 7) is 0.538. The smallest absolute Gasteiger partial charge is 0.180 e. The van der Waals surface area contributed by atoms with Gasteiger partial charge in [-0.1, -0.05) is 30.3 Å². The number of rotatable bonds is 5. The molecule has 0 saturated heterocycles. The molecule has 1 aromatic carbocycles. The molecule has 22 heavy (non-hydrogen) atoms. The number of aromatic nitrogens is 2. The summed E-state index contributed by atoms with van der Waals surface area (Å²) < 4.78 is 7.46. The normalized spacial score (nSPS) is 10.5. The van der Waals surface area contributed by atoms with Crippen LogP contribution in [0.2, 0.25) is 0 Å². The van der Waals surface area contributed by atoms with E-state index in [9.17, 15) is 0 Å². The Morgan fingerprint density at radius 1 is 1.18 bits per heavy atom. The molecule has 3 aromatic rings. The van der Waals surface area contributed by atoms with Crippen LogP contribution in [0.15, 0.2) is 48.7 Å². The molecule has 5 nitrogen and oxygen atoms in total. The van der Waals surface area contributed by atoms with Crippen molar-refractivity contribution >= 4 is 5.65 Å². The second kappa shape index (κ2) is 6.29. The predicted molar refractivity (Wildman–Crippen MR) is 84.5 cm³/mol. The first-order valence-electron chi connectivity index (χ1n) is 7.10. The Kier molecular flexibility index (Phi) is 4.03. The number of hydrogen-bond donors (Lipinski definition) is 1. The number of nitrogens with zero attached hydrogens (tertiary/aromatic N) is 3. The van der Waals surface area contributed by atoms with Crippen molar-refractivity contribution in [2.75, 3.05) is 13.2 Å². The van der Waals surface area contributed by atoms with Crippen molar-refractivity contribution in [3.05, 3.63) is 54.4 Å². The van der Waals surface area contributed by atoms with Gasteiger partial charge in [-0.15, -0.1) is 0 Å². The second-order valence-electron chi connectivity index (χ2n) is 4.82. The Bertz CT molecular complexity index is 818. The molecule has 2 aromatic heterocycles. The molecular formula is C17H16N4O. The summed E-state index contributed by atoms with van der Waals surface area (Å²) in [5.74, 6) is 0.601. The predicted octanol–water partition coefficient (Wildman–Crippen LogP) is 2.40. The molecule has 2 N–H and O–H groups in total. The maximum absolute atomic E-state index is 8.70. The van der Waals surface area contributed by atoms with Crippen molar-refractivity contribution < 1.29 is 4.74 Å². The molecule has 5 heteroatoms. The number of imidazole rings is 1. The van der Waals surface area contributed by atoms with Gasteiger partial charge < -0.3 is 14.9 Å². The van der Waals surface area contributed by atoms with Gasteiger partial charge in [0.15, 0.2) is 18.0 Å². The van der Waals surface area contributed by atoms with Gasteiger partial charge >= 0.3 is 0 Å². The van der Waals surface area contributed by atoms with E-state index in [1.54, 1.807) is 0 Å². The highest BCUT2D eigenvalue weighted by atomic mass is 16.5. The third kappa shape index (κ3) is 2.52. The molecule has 0 amide bonds. The van der Waals surface area contributed by atoms with Crippen LogP contribution >= 0.6 is 0 Å². The summed E-state index contributed by atoms with van der Waals surface area (Å²) in [7, 11) is 0. The molecular weight excluding hydrogens is 276 g/mol. The first kappa shape index (κ1) is 14.1. The average Bonchev–Trinajstić information content (AvgIpc) is 2.93. The molecule has 3 rings (SSSR count). The van der Waals surface area contributed by atoms with Crippen LogP contribution in [0, 0.1) is 11.3 Å². The fourth-order valence-electron chi connectivity index (χ4n) is 2.52. The third-order valence-electron chi connectivity index (χ3n) is 3.43. The Morgan fingerprint density at radius 3 is 2.73 bits per heavy atom. The van der Waals surface area contributed by atoms with Gasteiger partial charge in [0.05, 0.1) is 11.4 Å². The third-order valence-corrected chi connectivity index (χ3v) is 3.43. The van der Waals surface area contributed by atoms with Crippen molar-refractivity contribution in [3.8, 4) is 23.1 Å². The first-order valence-corrected chi connectivity index (χ1v) is 7.10. The molecule has 0 radical (unpaired) electrons. The van der Waals surface area contributed by atoms with E-state index in [2.05, 4.69) is 0 Å². The maximum atomic E-state index is 8.70. The van der Waals surface area contributed by atoms with E-state index in [1.165, 1.54) is 0 Å². The Hall–Kier alpha value is -2.84. The maximum Gasteiger partial charge on any atom is 0.180 e. The lowest BCUT2D eigenvalue weighted by Crippen LogP contribution is -2.06. The minimum Gasteiger partial charge on any atom is -0.475 e. The van der Waals surface area contributed by atoms with Gasteiger partial charge in [0.25, 0.3) is 0 Å². The van der Waals surface area contributed by atoms with E-state index in [1.807, 2.05) is 59.1 Å². The topological polar surface area (TPSA) is 76.3 Å². The highest BCUT2D eigenvalue weighted by Gasteiger charge is 2.16. The highest BCUT2D eigenvalue weighted by molar-refractivity contribution is 5.69. The van der Waals surface area contributed by atoms with Crippen LogP contribution in [-0.4, -0.2) is 22.5 Å². The van der Waals surface area contributed by atoms with Crippen LogP contribution in [-0.2, 0) is 6.42 Å². The molecule has 0 saturated carbocycles. The van der Waals surface area contributed by atoms with Crippen molar-refractivity contribution in [2.45, 2.75) is 6.42 Å². The van der Waals surface area contributed by atoms with E-state index in [4.69, 9.17) is 20.7 Å². The molecule has 0 aliphatic heterocycles. The number of benzene rings is 1. The van der Waals surface area contributed by atoms with E-state index in [0.29, 0.717) is 24.4 Å². The number of nitriles is 1. The van der Waals surface area contributed by atoms with Gasteiger partial charge in [-0.2, -0.15) is 5.26 Å². The van der Waals surface area contributed by atoms with Crippen molar-refractivity contribution in [1.82, 2.24) is 9.38 Å². The largest absolute Gasteiger partial charge is 0.475 e. The average molecular weight is 292 g/mol. The SMILES string of the molecule is N#CCOc1cccn2c(CCN)c(-c3ccccc3)nc12. The summed E-state index contributed by atoms with van der Waals surface area (Å²) in [4.78, 5) is 4.73. The van der Waals surface area contributed by atoms with Gasteiger partial charge in [0, 0.05) is 18.2 Å². The monoisotopic (exact) mass is 292 g/mol. The van der Waals surface area contributed by atoms with Crippen LogP contribution in [0.4, 0.5) is 0 Å². The molecule has 0 aliphatic rings. The summed E-state index contributed by atoms with van der Waals surface area (Å²) >= 11 is 0. The molecule has 2 heterocycles. The number of nitrogens with two attached hydrogens (primary N) is 1. The molecule has 0 unspecified atom stereocenters. The van der Waals surface area contributed by atoms with E-state index >= 15 is 0 Å². The minimum absolute atomic E-state index is 0.000570. The lowest BCUT2D eigenvalue weighted by atomic mass is 10.1. The zero-order valence-electron chi connectivity index (χ0n) is 12.1. The van der Waals surface area contributed by atoms with Gasteiger partial charge in [-0.3, -0.25) is 0 Å². The Morgan fingerprint density at radius 2 is 2.00 bits per heavy atom. The fourth-order valence-corrected chi connectivity index (χ4v) is 2.52. The Balaban J connectivity index is 2.20. The zero-order chi connectivity index (χ0) is 15.4. The van der Waals surface area contributed by atoms with Crippen LogP contribution in [0.1, 0.15) is 5.69 Å². The molecule has 110 valence electrons. The lowest BCUT2D eigenvalue weighted by molar-refractivity contribution is 0.370. The molecule has 0 fully saturated rings. The summed E-state index contributed by atoms with van der Waals surface area (Å²) in [5, 5.41) is 8.70. The van der Waals surface area contributed by atoms with E-state index in [0.717, 1.165) is 17.0 Å².